The molecule has 0 bridgehead atoms. The topological polar surface area (TPSA) is 88.0 Å². The molecule has 3 rings (SSSR count). The monoisotopic (exact) mass is 343 g/mol. The van der Waals surface area contributed by atoms with E-state index >= 15 is 0 Å². The van der Waals surface area contributed by atoms with Crippen LogP contribution in [0.3, 0.4) is 0 Å². The number of rotatable bonds is 6. The molecule has 2 aromatic rings. The first kappa shape index (κ1) is 17.3. The van der Waals surface area contributed by atoms with Gasteiger partial charge in [0.15, 0.2) is 0 Å². The molecule has 1 aromatic carbocycles. The third-order valence-electron chi connectivity index (χ3n) is 4.62. The number of hydrogen-bond donors (Lipinski definition) is 2. The second-order valence-corrected chi connectivity index (χ2v) is 6.27. The molecule has 1 aromatic heterocycles. The summed E-state index contributed by atoms with van der Waals surface area (Å²) in [6, 6.07) is 9.66. The highest BCUT2D eigenvalue weighted by atomic mass is 16.2. The molecule has 1 aliphatic rings. The first-order valence-electron chi connectivity index (χ1n) is 8.79. The summed E-state index contributed by atoms with van der Waals surface area (Å²) in [5.74, 6) is 0.582. The summed E-state index contributed by atoms with van der Waals surface area (Å²) >= 11 is 0. The van der Waals surface area contributed by atoms with Crippen molar-refractivity contribution in [2.75, 3.05) is 25.5 Å². The summed E-state index contributed by atoms with van der Waals surface area (Å²) in [4.78, 5) is 14.9. The number of amides is 1. The first-order valence-corrected chi connectivity index (χ1v) is 8.79. The predicted molar refractivity (Wildman–Crippen MR) is 95.5 cm³/mol. The zero-order valence-electron chi connectivity index (χ0n) is 14.7. The van der Waals surface area contributed by atoms with Gasteiger partial charge in [0.25, 0.3) is 0 Å². The lowest BCUT2D eigenvalue weighted by Crippen LogP contribution is -2.51. The fourth-order valence-electron chi connectivity index (χ4n) is 3.15. The van der Waals surface area contributed by atoms with Crippen LogP contribution in [0.5, 0.6) is 0 Å². The van der Waals surface area contributed by atoms with Crippen molar-refractivity contribution in [2.24, 2.45) is 0 Å². The Labute approximate surface area is 147 Å². The summed E-state index contributed by atoms with van der Waals surface area (Å²) in [7, 11) is 1.95. The van der Waals surface area contributed by atoms with Gasteiger partial charge in [0, 0.05) is 19.1 Å². The van der Waals surface area contributed by atoms with Gasteiger partial charge in [-0.25, -0.2) is 0 Å². The van der Waals surface area contributed by atoms with Crippen LogP contribution in [0.15, 0.2) is 30.3 Å². The fourth-order valence-corrected chi connectivity index (χ4v) is 3.15. The minimum atomic E-state index is -0.343. The van der Waals surface area contributed by atoms with E-state index in [0.717, 1.165) is 31.6 Å². The Morgan fingerprint density at radius 2 is 2.16 bits per heavy atom. The van der Waals surface area contributed by atoms with Crippen molar-refractivity contribution >= 4 is 11.9 Å². The first-order chi connectivity index (χ1) is 12.2. The van der Waals surface area contributed by atoms with E-state index in [2.05, 4.69) is 26.2 Å². The Hall–Kier alpha value is -2.48. The molecule has 25 heavy (non-hydrogen) atoms. The Kier molecular flexibility index (Phi) is 5.60. The van der Waals surface area contributed by atoms with E-state index in [1.807, 2.05) is 49.2 Å². The number of piperidine rings is 1. The van der Waals surface area contributed by atoms with Gasteiger partial charge in [-0.05, 0) is 48.9 Å². The number of benzene rings is 1. The number of anilines is 1. The molecular formula is C17H25N7O. The minimum Gasteiger partial charge on any atom is -0.341 e. The maximum absolute atomic E-state index is 12.9. The summed E-state index contributed by atoms with van der Waals surface area (Å²) in [6.07, 6.45) is 2.80. The average Bonchev–Trinajstić information content (AvgIpc) is 3.14. The highest BCUT2D eigenvalue weighted by Gasteiger charge is 2.28. The Balaban J connectivity index is 1.73. The van der Waals surface area contributed by atoms with Gasteiger partial charge in [0.1, 0.15) is 6.04 Å². The zero-order valence-corrected chi connectivity index (χ0v) is 14.7. The van der Waals surface area contributed by atoms with Gasteiger partial charge in [-0.1, -0.05) is 30.2 Å². The van der Waals surface area contributed by atoms with Crippen LogP contribution >= 0.6 is 0 Å². The van der Waals surface area contributed by atoms with Crippen LogP contribution in [0.4, 0.5) is 5.95 Å². The third-order valence-corrected chi connectivity index (χ3v) is 4.62. The van der Waals surface area contributed by atoms with Crippen molar-refractivity contribution in [1.82, 2.24) is 30.4 Å². The highest BCUT2D eigenvalue weighted by Crippen LogP contribution is 2.16. The van der Waals surface area contributed by atoms with Gasteiger partial charge in [0.2, 0.25) is 11.9 Å². The van der Waals surface area contributed by atoms with Gasteiger partial charge in [-0.15, -0.1) is 0 Å². The van der Waals surface area contributed by atoms with E-state index in [1.54, 1.807) is 4.68 Å². The number of aromatic nitrogens is 4. The van der Waals surface area contributed by atoms with Crippen LogP contribution in [0.25, 0.3) is 5.69 Å². The summed E-state index contributed by atoms with van der Waals surface area (Å²) in [5, 5.41) is 18.3. The van der Waals surface area contributed by atoms with Gasteiger partial charge in [-0.3, -0.25) is 4.79 Å². The van der Waals surface area contributed by atoms with Crippen LogP contribution in [-0.2, 0) is 4.79 Å². The minimum absolute atomic E-state index is 0.102. The van der Waals surface area contributed by atoms with Crippen molar-refractivity contribution in [2.45, 2.75) is 38.3 Å². The SMILES string of the molecule is CCC(Nc1nnnn1-c1ccccc1)C(=O)N1CCCC(NC)C1. The summed E-state index contributed by atoms with van der Waals surface area (Å²) < 4.78 is 1.61. The number of likely N-dealkylation sites (tertiary alicyclic amines) is 1. The number of nitrogens with zero attached hydrogens (tertiary/aromatic N) is 5. The van der Waals surface area contributed by atoms with Crippen LogP contribution in [0.2, 0.25) is 0 Å². The summed E-state index contributed by atoms with van der Waals surface area (Å²) in [5.41, 5.74) is 0.852. The maximum atomic E-state index is 12.9. The smallest absolute Gasteiger partial charge is 0.248 e. The zero-order chi connectivity index (χ0) is 17.6. The Bertz CT molecular complexity index is 687. The van der Waals surface area contributed by atoms with Crippen LogP contribution < -0.4 is 10.6 Å². The summed E-state index contributed by atoms with van der Waals surface area (Å²) in [6.45, 7) is 3.54. The molecule has 1 saturated heterocycles. The number of carbonyl (C=O) groups excluding carboxylic acids is 1. The second-order valence-electron chi connectivity index (χ2n) is 6.27. The number of carbonyl (C=O) groups is 1. The molecule has 8 heteroatoms. The molecule has 8 nitrogen and oxygen atoms in total. The van der Waals surface area contributed by atoms with E-state index in [0.29, 0.717) is 18.4 Å². The molecule has 0 spiro atoms. The lowest BCUT2D eigenvalue weighted by molar-refractivity contribution is -0.133. The quantitative estimate of drug-likeness (QED) is 0.815. The van der Waals surface area contributed by atoms with Crippen LogP contribution in [-0.4, -0.2) is 63.2 Å². The number of para-hydroxylation sites is 1. The highest BCUT2D eigenvalue weighted by molar-refractivity contribution is 5.84. The van der Waals surface area contributed by atoms with Crippen molar-refractivity contribution in [3.8, 4) is 5.69 Å². The molecule has 2 N–H and O–H groups in total. The Morgan fingerprint density at radius 1 is 1.36 bits per heavy atom. The Morgan fingerprint density at radius 3 is 2.88 bits per heavy atom. The van der Waals surface area contributed by atoms with Gasteiger partial charge in [-0.2, -0.15) is 4.68 Å². The number of nitrogens with one attached hydrogen (secondary N) is 2. The molecule has 1 fully saturated rings. The third kappa shape index (κ3) is 3.96. The molecule has 0 radical (unpaired) electrons. The lowest BCUT2D eigenvalue weighted by Gasteiger charge is -2.34. The van der Waals surface area contributed by atoms with E-state index in [1.165, 1.54) is 0 Å². The lowest BCUT2D eigenvalue weighted by atomic mass is 10.0. The maximum Gasteiger partial charge on any atom is 0.248 e. The molecular weight excluding hydrogens is 318 g/mol. The van der Waals surface area contributed by atoms with Gasteiger partial charge >= 0.3 is 0 Å². The van der Waals surface area contributed by atoms with Crippen LogP contribution in [0, 0.1) is 0 Å². The normalized spacial score (nSPS) is 18.8. The average molecular weight is 343 g/mol. The second kappa shape index (κ2) is 8.06. The molecule has 134 valence electrons. The van der Waals surface area contributed by atoms with Gasteiger partial charge < -0.3 is 15.5 Å². The van der Waals surface area contributed by atoms with Crippen molar-refractivity contribution in [3.05, 3.63) is 30.3 Å². The molecule has 0 saturated carbocycles. The molecule has 0 aliphatic carbocycles. The fraction of sp³-hybridized carbons (Fsp3) is 0.529. The molecule has 2 unspecified atom stereocenters. The van der Waals surface area contributed by atoms with Crippen molar-refractivity contribution in [3.63, 3.8) is 0 Å². The standard InChI is InChI=1S/C17H25N7O/c1-3-15(16(25)23-11-7-8-13(12-23)18-2)19-17-20-21-22-24(17)14-9-5-4-6-10-14/h4-6,9-10,13,15,18H,3,7-8,11-12H2,1-2H3,(H,19,20,22). The largest absolute Gasteiger partial charge is 0.341 e. The van der Waals surface area contributed by atoms with Crippen LogP contribution in [0.1, 0.15) is 26.2 Å². The molecule has 2 heterocycles. The van der Waals surface area contributed by atoms with Gasteiger partial charge in [0.05, 0.1) is 5.69 Å². The number of likely N-dealkylation sites (N-methyl/N-ethyl adjacent to an activating group) is 1. The van der Waals surface area contributed by atoms with E-state index < -0.39 is 0 Å². The number of tetrazole rings is 1. The molecule has 1 amide bonds. The van der Waals surface area contributed by atoms with Crippen molar-refractivity contribution in [1.29, 1.82) is 0 Å². The van der Waals surface area contributed by atoms with E-state index in [4.69, 9.17) is 0 Å². The molecule has 2 atom stereocenters. The van der Waals surface area contributed by atoms with Crippen molar-refractivity contribution < 1.29 is 4.79 Å². The number of hydrogen-bond acceptors (Lipinski definition) is 6. The van der Waals surface area contributed by atoms with E-state index in [-0.39, 0.29) is 11.9 Å². The predicted octanol–water partition coefficient (Wildman–Crippen LogP) is 1.06. The molecule has 1 aliphatic heterocycles. The van der Waals surface area contributed by atoms with E-state index in [9.17, 15) is 4.79 Å².